The first kappa shape index (κ1) is 17.7. The lowest BCUT2D eigenvalue weighted by molar-refractivity contribution is 0.190. The summed E-state index contributed by atoms with van der Waals surface area (Å²) in [7, 11) is 1.94. The molecule has 0 aliphatic carbocycles. The molecule has 4 nitrogen and oxygen atoms in total. The highest BCUT2D eigenvalue weighted by molar-refractivity contribution is 5.34. The lowest BCUT2D eigenvalue weighted by atomic mass is 10.0. The van der Waals surface area contributed by atoms with Crippen molar-refractivity contribution in [1.82, 2.24) is 14.8 Å². The van der Waals surface area contributed by atoms with Crippen LogP contribution in [0.15, 0.2) is 30.3 Å². The van der Waals surface area contributed by atoms with Crippen molar-refractivity contribution >= 4 is 0 Å². The molecule has 1 aromatic heterocycles. The van der Waals surface area contributed by atoms with Gasteiger partial charge in [-0.2, -0.15) is 5.26 Å². The zero-order chi connectivity index (χ0) is 17.8. The van der Waals surface area contributed by atoms with Crippen molar-refractivity contribution in [2.75, 3.05) is 13.1 Å². The second-order valence-electron chi connectivity index (χ2n) is 6.87. The van der Waals surface area contributed by atoms with Crippen molar-refractivity contribution in [3.63, 3.8) is 0 Å². The van der Waals surface area contributed by atoms with Crippen LogP contribution in [-0.2, 0) is 20.1 Å². The molecule has 3 rings (SSSR count). The van der Waals surface area contributed by atoms with Crippen LogP contribution in [0.5, 0.6) is 0 Å². The van der Waals surface area contributed by atoms with E-state index in [2.05, 4.69) is 23.2 Å². The number of rotatable bonds is 5. The van der Waals surface area contributed by atoms with E-state index in [0.29, 0.717) is 11.7 Å². The second-order valence-corrected chi connectivity index (χ2v) is 6.87. The van der Waals surface area contributed by atoms with E-state index in [1.165, 1.54) is 17.7 Å². The minimum atomic E-state index is -0.178. The van der Waals surface area contributed by atoms with Crippen LogP contribution in [0.1, 0.15) is 35.4 Å². The van der Waals surface area contributed by atoms with Gasteiger partial charge in [-0.25, -0.2) is 4.39 Å². The Bertz CT molecular complexity index is 749. The Morgan fingerprint density at radius 2 is 1.92 bits per heavy atom. The molecule has 0 saturated carbocycles. The van der Waals surface area contributed by atoms with E-state index >= 15 is 0 Å². The van der Waals surface area contributed by atoms with Gasteiger partial charge in [0.25, 0.3) is 0 Å². The van der Waals surface area contributed by atoms with Crippen LogP contribution < -0.4 is 5.32 Å². The second kappa shape index (κ2) is 7.81. The van der Waals surface area contributed by atoms with Gasteiger partial charge in [0.05, 0.1) is 0 Å². The van der Waals surface area contributed by atoms with Gasteiger partial charge in [-0.3, -0.25) is 4.90 Å². The Kier molecular flexibility index (Phi) is 5.52. The van der Waals surface area contributed by atoms with Crippen LogP contribution in [-0.4, -0.2) is 28.6 Å². The molecule has 1 fully saturated rings. The van der Waals surface area contributed by atoms with Gasteiger partial charge in [0.1, 0.15) is 17.6 Å². The van der Waals surface area contributed by atoms with Gasteiger partial charge in [-0.1, -0.05) is 12.1 Å². The first-order valence-corrected chi connectivity index (χ1v) is 8.82. The molecule has 2 aromatic rings. The summed E-state index contributed by atoms with van der Waals surface area (Å²) >= 11 is 0. The number of benzene rings is 1. The first-order chi connectivity index (χ1) is 12.1. The molecule has 2 heterocycles. The molecule has 0 amide bonds. The van der Waals surface area contributed by atoms with Gasteiger partial charge in [0.15, 0.2) is 0 Å². The van der Waals surface area contributed by atoms with E-state index in [4.69, 9.17) is 5.26 Å². The molecule has 0 spiro atoms. The molecule has 1 aromatic carbocycles. The number of nitrogens with one attached hydrogen (secondary N) is 1. The SMILES string of the molecule is Cc1c(CNC2CCN(Cc3ccc(F)cc3)CC2)cc(C#N)n1C. The highest BCUT2D eigenvalue weighted by Crippen LogP contribution is 2.17. The predicted octanol–water partition coefficient (Wildman–Crippen LogP) is 3.10. The monoisotopic (exact) mass is 340 g/mol. The van der Waals surface area contributed by atoms with Crippen LogP contribution in [0.2, 0.25) is 0 Å². The minimum absolute atomic E-state index is 0.178. The van der Waals surface area contributed by atoms with Gasteiger partial charge in [-0.05, 0) is 62.2 Å². The van der Waals surface area contributed by atoms with Gasteiger partial charge < -0.3 is 9.88 Å². The molecule has 0 bridgehead atoms. The van der Waals surface area contributed by atoms with Crippen LogP contribution in [0.4, 0.5) is 4.39 Å². The first-order valence-electron chi connectivity index (χ1n) is 8.82. The zero-order valence-corrected chi connectivity index (χ0v) is 14.9. The number of nitriles is 1. The van der Waals surface area contributed by atoms with Crippen LogP contribution >= 0.6 is 0 Å². The summed E-state index contributed by atoms with van der Waals surface area (Å²) in [6, 6.07) is 11.5. The van der Waals surface area contributed by atoms with Crippen molar-refractivity contribution in [2.45, 2.75) is 38.9 Å². The Morgan fingerprint density at radius 1 is 1.24 bits per heavy atom. The molecule has 25 heavy (non-hydrogen) atoms. The normalized spacial score (nSPS) is 16.1. The zero-order valence-electron chi connectivity index (χ0n) is 14.9. The maximum absolute atomic E-state index is 13.0. The summed E-state index contributed by atoms with van der Waals surface area (Å²) in [5.74, 6) is -0.178. The molecule has 1 aliphatic rings. The van der Waals surface area contributed by atoms with Crippen molar-refractivity contribution in [2.24, 2.45) is 7.05 Å². The maximum Gasteiger partial charge on any atom is 0.123 e. The Labute approximate surface area is 148 Å². The summed E-state index contributed by atoms with van der Waals surface area (Å²) in [4.78, 5) is 2.42. The van der Waals surface area contributed by atoms with Gasteiger partial charge >= 0.3 is 0 Å². The molecule has 5 heteroatoms. The maximum atomic E-state index is 13.0. The van der Waals surface area contributed by atoms with Crippen molar-refractivity contribution in [1.29, 1.82) is 5.26 Å². The fourth-order valence-electron chi connectivity index (χ4n) is 3.45. The van der Waals surface area contributed by atoms with E-state index < -0.39 is 0 Å². The number of piperidine rings is 1. The summed E-state index contributed by atoms with van der Waals surface area (Å²) in [5.41, 5.74) is 4.23. The smallest absolute Gasteiger partial charge is 0.123 e. The van der Waals surface area contributed by atoms with E-state index in [1.54, 1.807) is 0 Å². The summed E-state index contributed by atoms with van der Waals surface area (Å²) in [6.07, 6.45) is 2.22. The predicted molar refractivity (Wildman–Crippen MR) is 96.4 cm³/mol. The summed E-state index contributed by atoms with van der Waals surface area (Å²) < 4.78 is 14.9. The fraction of sp³-hybridized carbons (Fsp3) is 0.450. The molecule has 1 aliphatic heterocycles. The largest absolute Gasteiger partial charge is 0.340 e. The average molecular weight is 340 g/mol. The molecular formula is C20H25FN4. The molecule has 1 N–H and O–H groups in total. The number of likely N-dealkylation sites (tertiary alicyclic amines) is 1. The van der Waals surface area contributed by atoms with Crippen molar-refractivity contribution in [3.05, 3.63) is 58.7 Å². The van der Waals surface area contributed by atoms with Crippen LogP contribution in [0.25, 0.3) is 0 Å². The lowest BCUT2D eigenvalue weighted by Crippen LogP contribution is -2.41. The Hall–Kier alpha value is -2.16. The Balaban J connectivity index is 1.46. The van der Waals surface area contributed by atoms with Crippen molar-refractivity contribution in [3.8, 4) is 6.07 Å². The van der Waals surface area contributed by atoms with E-state index in [0.717, 1.165) is 50.3 Å². The number of hydrogen-bond acceptors (Lipinski definition) is 3. The minimum Gasteiger partial charge on any atom is -0.340 e. The van der Waals surface area contributed by atoms with E-state index in [1.807, 2.05) is 29.8 Å². The number of hydrogen-bond donors (Lipinski definition) is 1. The molecule has 0 radical (unpaired) electrons. The van der Waals surface area contributed by atoms with Crippen molar-refractivity contribution < 1.29 is 4.39 Å². The number of halogens is 1. The summed E-state index contributed by atoms with van der Waals surface area (Å²) in [6.45, 7) is 5.85. The highest BCUT2D eigenvalue weighted by atomic mass is 19.1. The third-order valence-electron chi connectivity index (χ3n) is 5.24. The molecule has 0 atom stereocenters. The van der Waals surface area contributed by atoms with E-state index in [9.17, 15) is 4.39 Å². The average Bonchev–Trinajstić information content (AvgIpc) is 2.91. The lowest BCUT2D eigenvalue weighted by Gasteiger charge is -2.32. The van der Waals surface area contributed by atoms with Gasteiger partial charge in [-0.15, -0.1) is 0 Å². The molecule has 0 unspecified atom stereocenters. The quantitative estimate of drug-likeness (QED) is 0.910. The van der Waals surface area contributed by atoms with E-state index in [-0.39, 0.29) is 5.82 Å². The molecule has 1 saturated heterocycles. The highest BCUT2D eigenvalue weighted by Gasteiger charge is 2.19. The molecule has 132 valence electrons. The third kappa shape index (κ3) is 4.28. The van der Waals surface area contributed by atoms with Crippen LogP contribution in [0, 0.1) is 24.1 Å². The van der Waals surface area contributed by atoms with Gasteiger partial charge in [0, 0.05) is 31.9 Å². The fourth-order valence-corrected chi connectivity index (χ4v) is 3.45. The Morgan fingerprint density at radius 3 is 2.52 bits per heavy atom. The van der Waals surface area contributed by atoms with Crippen LogP contribution in [0.3, 0.4) is 0 Å². The topological polar surface area (TPSA) is 44.0 Å². The number of nitrogens with zero attached hydrogens (tertiary/aromatic N) is 3. The standard InChI is InChI=1S/C20H25FN4/c1-15-17(11-20(12-22)24(15)2)13-23-19-7-9-25(10-8-19)14-16-3-5-18(21)6-4-16/h3-6,11,19,23H,7-10,13-14H2,1-2H3. The summed E-state index contributed by atoms with van der Waals surface area (Å²) in [5, 5.41) is 12.8. The third-order valence-corrected chi connectivity index (χ3v) is 5.24. The molecular weight excluding hydrogens is 315 g/mol. The number of aromatic nitrogens is 1. The van der Waals surface area contributed by atoms with Gasteiger partial charge in [0.2, 0.25) is 0 Å².